The summed E-state index contributed by atoms with van der Waals surface area (Å²) in [5, 5.41) is 5.34. The fourth-order valence-electron chi connectivity index (χ4n) is 3.64. The van der Waals surface area contributed by atoms with Gasteiger partial charge < -0.3 is 20.1 Å². The topological polar surface area (TPSA) is 154 Å². The van der Waals surface area contributed by atoms with Gasteiger partial charge in [0, 0.05) is 23.7 Å². The molecule has 218 valence electrons. The number of hydrogen-bond acceptors (Lipinski definition) is 6. The van der Waals surface area contributed by atoms with Gasteiger partial charge in [0.25, 0.3) is 0 Å². The summed E-state index contributed by atoms with van der Waals surface area (Å²) in [6.07, 6.45) is -1.63. The van der Waals surface area contributed by atoms with Crippen LogP contribution in [0.25, 0.3) is 11.1 Å². The third-order valence-electron chi connectivity index (χ3n) is 5.57. The first-order chi connectivity index (χ1) is 19.1. The minimum Gasteiger partial charge on any atom is -0.443 e. The maximum Gasteiger partial charge on any atom is 0.435 e. The average molecular weight is 642 g/mol. The van der Waals surface area contributed by atoms with Crippen molar-refractivity contribution in [1.29, 1.82) is 0 Å². The fourth-order valence-corrected chi connectivity index (χ4v) is 4.56. The molecule has 0 aliphatic heterocycles. The molecule has 0 bridgehead atoms. The first-order valence-corrected chi connectivity index (χ1v) is 14.7. The highest BCUT2D eigenvalue weighted by Crippen LogP contribution is 2.29. The van der Waals surface area contributed by atoms with Crippen LogP contribution in [0.5, 0.6) is 5.75 Å². The van der Waals surface area contributed by atoms with Crippen molar-refractivity contribution in [2.24, 2.45) is 15.9 Å². The lowest BCUT2D eigenvalue weighted by molar-refractivity contribution is 0.135. The average Bonchev–Trinajstić information content (AvgIpc) is 2.90. The third-order valence-corrected chi connectivity index (χ3v) is 6.87. The third kappa shape index (κ3) is 9.61. The smallest absolute Gasteiger partial charge is 0.435 e. The largest absolute Gasteiger partial charge is 0.443 e. The van der Waals surface area contributed by atoms with Crippen LogP contribution < -0.4 is 15.6 Å². The van der Waals surface area contributed by atoms with E-state index in [-0.39, 0.29) is 29.1 Å². The maximum atomic E-state index is 13.1. The van der Waals surface area contributed by atoms with Gasteiger partial charge in [0.1, 0.15) is 18.2 Å². The molecular weight excluding hydrogens is 615 g/mol. The monoisotopic (exact) mass is 640 g/mol. The van der Waals surface area contributed by atoms with Gasteiger partial charge in [0.05, 0.1) is 4.90 Å². The summed E-state index contributed by atoms with van der Waals surface area (Å²) in [5.41, 5.74) is 8.07. The van der Waals surface area contributed by atoms with Gasteiger partial charge in [-0.1, -0.05) is 83.3 Å². The van der Waals surface area contributed by atoms with Gasteiger partial charge in [0.15, 0.2) is 0 Å². The molecule has 2 amide bonds. The van der Waals surface area contributed by atoms with E-state index in [9.17, 15) is 18.0 Å². The lowest BCUT2D eigenvalue weighted by Crippen LogP contribution is -2.38. The van der Waals surface area contributed by atoms with Crippen LogP contribution >= 0.6 is 34.8 Å². The zero-order valence-electron chi connectivity index (χ0n) is 22.0. The van der Waals surface area contributed by atoms with Crippen LogP contribution in [0, 0.1) is 0 Å². The molecule has 10 nitrogen and oxygen atoms in total. The van der Waals surface area contributed by atoms with Crippen molar-refractivity contribution in [3.8, 4) is 16.9 Å². The number of benzene rings is 3. The lowest BCUT2D eigenvalue weighted by Gasteiger charge is -2.26. The number of aliphatic imine (C=N–C) groups is 1. The van der Waals surface area contributed by atoms with Gasteiger partial charge in [-0.05, 0) is 49.2 Å². The van der Waals surface area contributed by atoms with E-state index in [2.05, 4.69) is 4.99 Å². The molecule has 0 aliphatic rings. The van der Waals surface area contributed by atoms with Crippen LogP contribution in [0.3, 0.4) is 0 Å². The molecule has 3 rings (SSSR count). The molecule has 0 saturated heterocycles. The highest BCUT2D eigenvalue weighted by atomic mass is 35.6. The number of alkyl halides is 3. The summed E-state index contributed by atoms with van der Waals surface area (Å²) in [4.78, 5) is 30.1. The summed E-state index contributed by atoms with van der Waals surface area (Å²) in [6.45, 7) is 3.32. The molecular formula is C27H27Cl3N4O6S. The van der Waals surface area contributed by atoms with E-state index < -0.39 is 32.6 Å². The predicted octanol–water partition coefficient (Wildman–Crippen LogP) is 5.62. The number of halogens is 3. The van der Waals surface area contributed by atoms with Crippen molar-refractivity contribution in [3.63, 3.8) is 0 Å². The van der Waals surface area contributed by atoms with Crippen molar-refractivity contribution in [2.75, 3.05) is 6.61 Å². The van der Waals surface area contributed by atoms with E-state index in [0.717, 1.165) is 0 Å². The number of amidine groups is 1. The fraction of sp³-hybridized carbons (Fsp3) is 0.222. The Bertz CT molecular complexity index is 1540. The number of nitrogens with zero attached hydrogens (tertiary/aromatic N) is 2. The van der Waals surface area contributed by atoms with Crippen LogP contribution in [0.15, 0.2) is 82.7 Å². The second-order valence-electron chi connectivity index (χ2n) is 9.02. The zero-order chi connectivity index (χ0) is 30.4. The first kappa shape index (κ1) is 32.2. The second-order valence-corrected chi connectivity index (χ2v) is 13.1. The highest BCUT2D eigenvalue weighted by molar-refractivity contribution is 7.89. The van der Waals surface area contributed by atoms with Crippen LogP contribution in [-0.4, -0.2) is 47.8 Å². The Hall–Kier alpha value is -3.35. The molecule has 4 N–H and O–H groups in total. The molecule has 0 aromatic heterocycles. The van der Waals surface area contributed by atoms with E-state index in [1.165, 1.54) is 11.0 Å². The number of carbonyl (C=O) groups excluding carboxylic acids is 2. The van der Waals surface area contributed by atoms with Crippen LogP contribution in [0.4, 0.5) is 9.59 Å². The van der Waals surface area contributed by atoms with E-state index in [1.807, 2.05) is 13.8 Å². The Morgan fingerprint density at radius 3 is 2.27 bits per heavy atom. The molecule has 0 unspecified atom stereocenters. The summed E-state index contributed by atoms with van der Waals surface area (Å²) < 4.78 is 32.5. The number of rotatable bonds is 8. The number of amides is 2. The van der Waals surface area contributed by atoms with Gasteiger partial charge >= 0.3 is 12.2 Å². The zero-order valence-corrected chi connectivity index (χ0v) is 25.0. The standard InChI is InChI=1S/C27H27Cl3N4O6S/c1-17(2)34(15-18-6-5-7-20(14-18)24(31)33-25(35)39-16-27(28,29)30)26(36)40-21-12-10-19(11-13-21)22-8-3-4-9-23(22)41(32,37)38/h3-14,17H,15-16H2,1-2H3,(H2,31,33,35)(H2,32,37,38). The van der Waals surface area contributed by atoms with Crippen molar-refractivity contribution in [1.82, 2.24) is 4.90 Å². The van der Waals surface area contributed by atoms with Crippen LogP contribution in [0.1, 0.15) is 25.0 Å². The van der Waals surface area contributed by atoms with Gasteiger partial charge in [-0.15, -0.1) is 0 Å². The quantitative estimate of drug-likeness (QED) is 0.184. The first-order valence-electron chi connectivity index (χ1n) is 12.0. The molecule has 41 heavy (non-hydrogen) atoms. The Kier molecular flexibility index (Phi) is 10.6. The van der Waals surface area contributed by atoms with Gasteiger partial charge in [-0.3, -0.25) is 0 Å². The van der Waals surface area contributed by atoms with E-state index in [4.69, 9.17) is 55.1 Å². The molecule has 3 aromatic carbocycles. The maximum absolute atomic E-state index is 13.1. The number of sulfonamides is 1. The summed E-state index contributed by atoms with van der Waals surface area (Å²) in [6, 6.07) is 19.3. The molecule has 14 heteroatoms. The van der Waals surface area contributed by atoms with Gasteiger partial charge in [-0.25, -0.2) is 23.1 Å². The summed E-state index contributed by atoms with van der Waals surface area (Å²) in [5.74, 6) is 0.139. The van der Waals surface area contributed by atoms with Crippen LogP contribution in [-0.2, 0) is 21.3 Å². The molecule has 0 radical (unpaired) electrons. The number of carbonyl (C=O) groups is 2. The Labute approximate surface area is 252 Å². The van der Waals surface area contributed by atoms with Crippen molar-refractivity contribution in [2.45, 2.75) is 35.1 Å². The van der Waals surface area contributed by atoms with Crippen molar-refractivity contribution in [3.05, 3.63) is 83.9 Å². The van der Waals surface area contributed by atoms with Crippen molar-refractivity contribution >= 4 is 62.8 Å². The Balaban J connectivity index is 1.72. The van der Waals surface area contributed by atoms with E-state index >= 15 is 0 Å². The second kappa shape index (κ2) is 13.5. The minimum atomic E-state index is -3.93. The minimum absolute atomic E-state index is 0.0108. The summed E-state index contributed by atoms with van der Waals surface area (Å²) in [7, 11) is -3.93. The number of ether oxygens (including phenoxy) is 2. The predicted molar refractivity (Wildman–Crippen MR) is 159 cm³/mol. The molecule has 0 fully saturated rings. The number of nitrogens with two attached hydrogens (primary N) is 2. The van der Waals surface area contributed by atoms with Crippen molar-refractivity contribution < 1.29 is 27.5 Å². The summed E-state index contributed by atoms with van der Waals surface area (Å²) >= 11 is 16.7. The number of hydrogen-bond donors (Lipinski definition) is 2. The Morgan fingerprint density at radius 1 is 1.00 bits per heavy atom. The van der Waals surface area contributed by atoms with Gasteiger partial charge in [-0.2, -0.15) is 4.99 Å². The van der Waals surface area contributed by atoms with Gasteiger partial charge in [0.2, 0.25) is 13.8 Å². The molecule has 0 spiro atoms. The molecule has 0 aliphatic carbocycles. The molecule has 0 heterocycles. The molecule has 0 atom stereocenters. The van der Waals surface area contributed by atoms with Crippen LogP contribution in [0.2, 0.25) is 0 Å². The molecule has 0 saturated carbocycles. The van der Waals surface area contributed by atoms with E-state index in [0.29, 0.717) is 22.3 Å². The Morgan fingerprint density at radius 2 is 1.66 bits per heavy atom. The lowest BCUT2D eigenvalue weighted by atomic mass is 10.1. The normalized spacial score (nSPS) is 12.2. The molecule has 3 aromatic rings. The SMILES string of the molecule is CC(C)N(Cc1cccc(C(N)=NC(=O)OCC(Cl)(Cl)Cl)c1)C(=O)Oc1ccc(-c2ccccc2S(N)(=O)=O)cc1. The van der Waals surface area contributed by atoms with E-state index in [1.54, 1.807) is 66.7 Å². The highest BCUT2D eigenvalue weighted by Gasteiger charge is 2.23. The number of primary sulfonamides is 1.